The molecule has 1 saturated heterocycles. The summed E-state index contributed by atoms with van der Waals surface area (Å²) in [5.41, 5.74) is 1.20. The fraction of sp³-hybridized carbons (Fsp3) is 0.368. The first-order chi connectivity index (χ1) is 11.8. The molecule has 1 aromatic carbocycles. The van der Waals surface area contributed by atoms with Crippen molar-refractivity contribution in [3.63, 3.8) is 0 Å². The van der Waals surface area contributed by atoms with Crippen LogP contribution in [0.15, 0.2) is 54.2 Å². The molecule has 0 N–H and O–H groups in total. The number of aliphatic imine (C=N–C) groups is 1. The van der Waals surface area contributed by atoms with Crippen LogP contribution in [0.4, 0.5) is 0 Å². The molecule has 2 heterocycles. The van der Waals surface area contributed by atoms with Crippen LogP contribution in [0.3, 0.4) is 0 Å². The van der Waals surface area contributed by atoms with E-state index in [1.54, 1.807) is 13.1 Å². The maximum Gasteiger partial charge on any atom is 0.494 e. The third-order valence-corrected chi connectivity index (χ3v) is 4.95. The number of nitrogens with zero attached hydrogens (tertiary/aromatic N) is 3. The van der Waals surface area contributed by atoms with Gasteiger partial charge in [0.25, 0.3) is 0 Å². The van der Waals surface area contributed by atoms with Crippen molar-refractivity contribution in [3.8, 4) is 0 Å². The molecule has 0 aliphatic carbocycles. The molecular weight excluding hydrogens is 313 g/mol. The minimum Gasteiger partial charge on any atom is -0.399 e. The Morgan fingerprint density at radius 3 is 2.52 bits per heavy atom. The predicted molar refractivity (Wildman–Crippen MR) is 104 cm³/mol. The lowest BCUT2D eigenvalue weighted by atomic mass is 9.79. The Labute approximate surface area is 149 Å². The molecule has 6 heteroatoms. The van der Waals surface area contributed by atoms with Crippen LogP contribution in [0.5, 0.6) is 0 Å². The van der Waals surface area contributed by atoms with E-state index in [9.17, 15) is 0 Å². The van der Waals surface area contributed by atoms with Crippen LogP contribution in [0, 0.1) is 0 Å². The smallest absolute Gasteiger partial charge is 0.399 e. The normalized spacial score (nSPS) is 19.9. The maximum atomic E-state index is 6.16. The van der Waals surface area contributed by atoms with E-state index in [1.165, 1.54) is 0 Å². The third kappa shape index (κ3) is 3.07. The first-order valence-electron chi connectivity index (χ1n) is 8.38. The molecule has 0 saturated carbocycles. The molecule has 1 aliphatic heterocycles. The molecule has 1 fully saturated rings. The van der Waals surface area contributed by atoms with Crippen molar-refractivity contribution in [3.05, 3.63) is 49.2 Å². The zero-order valence-electron chi connectivity index (χ0n) is 15.5. The zero-order valence-corrected chi connectivity index (χ0v) is 15.5. The Hall–Kier alpha value is -2.18. The lowest BCUT2D eigenvalue weighted by Crippen LogP contribution is -2.41. The van der Waals surface area contributed by atoms with Crippen molar-refractivity contribution in [1.82, 2.24) is 9.78 Å². The molecule has 0 atom stereocenters. The monoisotopic (exact) mass is 337 g/mol. The molecule has 0 amide bonds. The Morgan fingerprint density at radius 2 is 1.92 bits per heavy atom. The molecule has 0 unspecified atom stereocenters. The topological polar surface area (TPSA) is 48.6 Å². The van der Waals surface area contributed by atoms with E-state index < -0.39 is 7.12 Å². The SMILES string of the molecule is C=C/C=C\C(=NC)n1ncc2ccc(B3OC(C)(C)C(C)(C)O3)cc21. The van der Waals surface area contributed by atoms with E-state index in [1.807, 2.05) is 35.2 Å². The molecule has 1 aliphatic rings. The number of fused-ring (bicyclic) bond motifs is 1. The van der Waals surface area contributed by atoms with Crippen molar-refractivity contribution < 1.29 is 9.31 Å². The van der Waals surface area contributed by atoms with Crippen molar-refractivity contribution in [2.24, 2.45) is 4.99 Å². The van der Waals surface area contributed by atoms with Crippen LogP contribution < -0.4 is 5.46 Å². The van der Waals surface area contributed by atoms with Gasteiger partial charge in [-0.25, -0.2) is 4.68 Å². The van der Waals surface area contributed by atoms with Gasteiger partial charge in [-0.05, 0) is 45.3 Å². The lowest BCUT2D eigenvalue weighted by molar-refractivity contribution is 0.00578. The quantitative estimate of drug-likeness (QED) is 0.374. The minimum absolute atomic E-state index is 0.365. The van der Waals surface area contributed by atoms with E-state index in [-0.39, 0.29) is 11.2 Å². The van der Waals surface area contributed by atoms with Gasteiger partial charge >= 0.3 is 7.12 Å². The van der Waals surface area contributed by atoms with Crippen LogP contribution in [0.25, 0.3) is 10.9 Å². The Kier molecular flexibility index (Phi) is 4.43. The molecule has 0 spiro atoms. The van der Waals surface area contributed by atoms with Crippen molar-refractivity contribution in [2.75, 3.05) is 7.05 Å². The first-order valence-corrected chi connectivity index (χ1v) is 8.38. The number of aromatic nitrogens is 2. The summed E-state index contributed by atoms with van der Waals surface area (Å²) < 4.78 is 14.1. The highest BCUT2D eigenvalue weighted by Crippen LogP contribution is 2.36. The standard InChI is InChI=1S/C19H24BN3O2/c1-7-8-9-17(21-6)23-16-12-15(11-10-14(16)13-22-23)20-24-18(2,3)19(4,5)25-20/h7-13H,1H2,2-6H3/b9-8-,21-17?. The zero-order chi connectivity index (χ0) is 18.2. The third-order valence-electron chi connectivity index (χ3n) is 4.95. The highest BCUT2D eigenvalue weighted by atomic mass is 16.7. The second-order valence-electron chi connectivity index (χ2n) is 7.14. The second-order valence-corrected chi connectivity index (χ2v) is 7.14. The number of allylic oxidation sites excluding steroid dienone is 3. The summed E-state index contributed by atoms with van der Waals surface area (Å²) in [5.74, 6) is 0.737. The molecule has 0 radical (unpaired) electrons. The molecule has 5 nitrogen and oxygen atoms in total. The Bertz CT molecular complexity index is 849. The number of rotatable bonds is 3. The molecule has 3 rings (SSSR count). The van der Waals surface area contributed by atoms with Crippen LogP contribution in [0.2, 0.25) is 0 Å². The van der Waals surface area contributed by atoms with Gasteiger partial charge in [-0.2, -0.15) is 5.10 Å². The highest BCUT2D eigenvalue weighted by Gasteiger charge is 2.51. The number of hydrogen-bond donors (Lipinski definition) is 0. The van der Waals surface area contributed by atoms with E-state index in [0.717, 1.165) is 22.2 Å². The predicted octanol–water partition coefficient (Wildman–Crippen LogP) is 2.95. The Morgan fingerprint density at radius 1 is 1.24 bits per heavy atom. The summed E-state index contributed by atoms with van der Waals surface area (Å²) in [7, 11) is 1.34. The van der Waals surface area contributed by atoms with E-state index in [4.69, 9.17) is 9.31 Å². The van der Waals surface area contributed by atoms with Crippen molar-refractivity contribution in [1.29, 1.82) is 0 Å². The van der Waals surface area contributed by atoms with Crippen LogP contribution in [-0.4, -0.2) is 41.0 Å². The molecule has 25 heavy (non-hydrogen) atoms. The van der Waals surface area contributed by atoms with Gasteiger partial charge in [-0.1, -0.05) is 30.9 Å². The van der Waals surface area contributed by atoms with Gasteiger partial charge in [0.2, 0.25) is 0 Å². The van der Waals surface area contributed by atoms with E-state index in [0.29, 0.717) is 0 Å². The average molecular weight is 337 g/mol. The van der Waals surface area contributed by atoms with Crippen molar-refractivity contribution >= 4 is 29.3 Å². The van der Waals surface area contributed by atoms with Gasteiger partial charge in [-0.15, -0.1) is 0 Å². The van der Waals surface area contributed by atoms with Crippen LogP contribution in [0.1, 0.15) is 27.7 Å². The van der Waals surface area contributed by atoms with Gasteiger partial charge in [-0.3, -0.25) is 4.99 Å². The van der Waals surface area contributed by atoms with Crippen LogP contribution >= 0.6 is 0 Å². The highest BCUT2D eigenvalue weighted by molar-refractivity contribution is 6.62. The summed E-state index contributed by atoms with van der Waals surface area (Å²) >= 11 is 0. The molecule has 130 valence electrons. The first kappa shape index (κ1) is 17.6. The molecule has 1 aromatic heterocycles. The van der Waals surface area contributed by atoms with E-state index in [2.05, 4.69) is 50.4 Å². The van der Waals surface area contributed by atoms with Crippen molar-refractivity contribution in [2.45, 2.75) is 38.9 Å². The van der Waals surface area contributed by atoms with Gasteiger partial charge < -0.3 is 9.31 Å². The maximum absolute atomic E-state index is 6.16. The largest absolute Gasteiger partial charge is 0.494 e. The number of hydrogen-bond acceptors (Lipinski definition) is 4. The summed E-state index contributed by atoms with van der Waals surface area (Å²) in [6, 6.07) is 6.11. The summed E-state index contributed by atoms with van der Waals surface area (Å²) in [6.07, 6.45) is 7.26. The number of benzene rings is 1. The fourth-order valence-corrected chi connectivity index (χ4v) is 2.74. The Balaban J connectivity index is 2.02. The van der Waals surface area contributed by atoms with Crippen LogP contribution in [-0.2, 0) is 9.31 Å². The summed E-state index contributed by atoms with van der Waals surface area (Å²) in [4.78, 5) is 4.31. The summed E-state index contributed by atoms with van der Waals surface area (Å²) in [6.45, 7) is 11.9. The van der Waals surface area contributed by atoms with Gasteiger partial charge in [0.05, 0.1) is 22.9 Å². The van der Waals surface area contributed by atoms with Gasteiger partial charge in [0.15, 0.2) is 0 Å². The van der Waals surface area contributed by atoms with Gasteiger partial charge in [0.1, 0.15) is 5.84 Å². The molecular formula is C19H24BN3O2. The second kappa shape index (κ2) is 6.28. The van der Waals surface area contributed by atoms with E-state index >= 15 is 0 Å². The lowest BCUT2D eigenvalue weighted by Gasteiger charge is -2.32. The van der Waals surface area contributed by atoms with Gasteiger partial charge in [0, 0.05) is 12.4 Å². The fourth-order valence-electron chi connectivity index (χ4n) is 2.74. The average Bonchev–Trinajstić information content (AvgIpc) is 3.06. The summed E-state index contributed by atoms with van der Waals surface area (Å²) in [5, 5.41) is 5.50. The molecule has 0 bridgehead atoms. The molecule has 2 aromatic rings. The minimum atomic E-state index is -0.400.